The average molecular weight is 279 g/mol. The largest absolute Gasteiger partial charge is 0.480 e. The van der Waals surface area contributed by atoms with Crippen molar-refractivity contribution in [3.05, 3.63) is 35.9 Å². The fraction of sp³-hybridized carbons (Fsp3) is 0.429. The first-order chi connectivity index (χ1) is 9.15. The van der Waals surface area contributed by atoms with Crippen LogP contribution in [-0.2, 0) is 9.59 Å². The van der Waals surface area contributed by atoms with Gasteiger partial charge in [-0.2, -0.15) is 12.6 Å². The summed E-state index contributed by atoms with van der Waals surface area (Å²) in [6, 6.07) is 8.76. The Kier molecular flexibility index (Phi) is 4.47. The highest BCUT2D eigenvalue weighted by atomic mass is 32.1. The van der Waals surface area contributed by atoms with Gasteiger partial charge in [0.2, 0.25) is 5.91 Å². The topological polar surface area (TPSA) is 57.6 Å². The molecule has 4 nitrogen and oxygen atoms in total. The zero-order chi connectivity index (χ0) is 13.8. The van der Waals surface area contributed by atoms with Crippen LogP contribution in [-0.4, -0.2) is 33.7 Å². The van der Waals surface area contributed by atoms with Crippen LogP contribution < -0.4 is 0 Å². The van der Waals surface area contributed by atoms with Crippen LogP contribution in [0.4, 0.5) is 0 Å². The zero-order valence-corrected chi connectivity index (χ0v) is 11.4. The zero-order valence-electron chi connectivity index (χ0n) is 10.5. The molecule has 0 radical (unpaired) electrons. The van der Waals surface area contributed by atoms with Crippen LogP contribution in [0.1, 0.15) is 30.9 Å². The first kappa shape index (κ1) is 13.9. The molecule has 1 aliphatic rings. The molecule has 1 aromatic rings. The fourth-order valence-electron chi connectivity index (χ4n) is 2.63. The number of hydrogen-bond acceptors (Lipinski definition) is 3. The molecule has 1 heterocycles. The molecular formula is C14H17NO3S. The number of benzene rings is 1. The summed E-state index contributed by atoms with van der Waals surface area (Å²) in [5.41, 5.74) is 0.999. The van der Waals surface area contributed by atoms with E-state index in [1.165, 1.54) is 4.90 Å². The van der Waals surface area contributed by atoms with E-state index in [9.17, 15) is 14.7 Å². The molecule has 0 saturated carbocycles. The quantitative estimate of drug-likeness (QED) is 0.830. The molecule has 0 spiro atoms. The summed E-state index contributed by atoms with van der Waals surface area (Å²) in [5.74, 6) is -0.622. The number of nitrogens with zero attached hydrogens (tertiary/aromatic N) is 1. The maximum absolute atomic E-state index is 12.2. The van der Waals surface area contributed by atoms with Gasteiger partial charge in [-0.05, 0) is 24.2 Å². The van der Waals surface area contributed by atoms with E-state index in [4.69, 9.17) is 0 Å². The number of likely N-dealkylation sites (tertiary alicyclic amines) is 1. The number of thiol groups is 1. The van der Waals surface area contributed by atoms with Crippen molar-refractivity contribution in [1.29, 1.82) is 0 Å². The Morgan fingerprint density at radius 1 is 1.26 bits per heavy atom. The third-order valence-electron chi connectivity index (χ3n) is 3.47. The Morgan fingerprint density at radius 2 is 1.95 bits per heavy atom. The third-order valence-corrected chi connectivity index (χ3v) is 3.69. The molecule has 2 atom stereocenters. The van der Waals surface area contributed by atoms with Gasteiger partial charge in [-0.3, -0.25) is 4.79 Å². The standard InChI is InChI=1S/C14H17NO3S/c16-13(8-9-19)15-11(6-7-12(15)14(17)18)10-4-2-1-3-5-10/h1-5,11-12,19H,6-9H2,(H,17,18). The normalized spacial score (nSPS) is 22.5. The van der Waals surface area contributed by atoms with E-state index in [1.807, 2.05) is 30.3 Å². The highest BCUT2D eigenvalue weighted by Gasteiger charge is 2.40. The van der Waals surface area contributed by atoms with E-state index in [0.29, 0.717) is 18.6 Å². The molecule has 19 heavy (non-hydrogen) atoms. The van der Waals surface area contributed by atoms with E-state index < -0.39 is 12.0 Å². The summed E-state index contributed by atoms with van der Waals surface area (Å²) in [4.78, 5) is 25.0. The summed E-state index contributed by atoms with van der Waals surface area (Å²) in [7, 11) is 0. The molecule has 2 rings (SSSR count). The van der Waals surface area contributed by atoms with E-state index in [2.05, 4.69) is 12.6 Å². The van der Waals surface area contributed by atoms with Gasteiger partial charge < -0.3 is 10.0 Å². The van der Waals surface area contributed by atoms with Crippen LogP contribution in [0.5, 0.6) is 0 Å². The lowest BCUT2D eigenvalue weighted by Gasteiger charge is -2.28. The lowest BCUT2D eigenvalue weighted by molar-refractivity contribution is -0.149. The van der Waals surface area contributed by atoms with Gasteiger partial charge in [-0.1, -0.05) is 30.3 Å². The van der Waals surface area contributed by atoms with Crippen molar-refractivity contribution < 1.29 is 14.7 Å². The maximum atomic E-state index is 12.2. The van der Waals surface area contributed by atoms with Gasteiger partial charge in [-0.15, -0.1) is 0 Å². The van der Waals surface area contributed by atoms with E-state index in [1.54, 1.807) is 0 Å². The van der Waals surface area contributed by atoms with Gasteiger partial charge in [0, 0.05) is 6.42 Å². The van der Waals surface area contributed by atoms with Crippen molar-refractivity contribution in [2.24, 2.45) is 0 Å². The number of carboxylic acids is 1. The number of carbonyl (C=O) groups excluding carboxylic acids is 1. The molecule has 0 aliphatic carbocycles. The fourth-order valence-corrected chi connectivity index (χ4v) is 2.82. The molecule has 0 bridgehead atoms. The molecule has 1 aromatic carbocycles. The molecule has 1 fully saturated rings. The van der Waals surface area contributed by atoms with Gasteiger partial charge in [0.25, 0.3) is 0 Å². The number of carboxylic acid groups (broad SMARTS) is 1. The summed E-state index contributed by atoms with van der Waals surface area (Å²) < 4.78 is 0. The van der Waals surface area contributed by atoms with E-state index in [0.717, 1.165) is 5.56 Å². The lowest BCUT2D eigenvalue weighted by Crippen LogP contribution is -2.41. The number of amides is 1. The third kappa shape index (κ3) is 2.92. The minimum atomic E-state index is -0.925. The SMILES string of the molecule is O=C(O)C1CCC(c2ccccc2)N1C(=O)CCS. The van der Waals surface area contributed by atoms with Crippen LogP contribution in [0.25, 0.3) is 0 Å². The Hall–Kier alpha value is -1.49. The van der Waals surface area contributed by atoms with Crippen molar-refractivity contribution in [2.75, 3.05) is 5.75 Å². The summed E-state index contributed by atoms with van der Waals surface area (Å²) in [6.45, 7) is 0. The van der Waals surface area contributed by atoms with Crippen LogP contribution >= 0.6 is 12.6 Å². The first-order valence-electron chi connectivity index (χ1n) is 6.35. The predicted octanol–water partition coefficient (Wildman–Crippen LogP) is 2.12. The number of aliphatic carboxylic acids is 1. The minimum Gasteiger partial charge on any atom is -0.480 e. The molecule has 1 amide bonds. The molecular weight excluding hydrogens is 262 g/mol. The Bertz CT molecular complexity index is 463. The molecule has 102 valence electrons. The van der Waals surface area contributed by atoms with Crippen molar-refractivity contribution in [1.82, 2.24) is 4.90 Å². The smallest absolute Gasteiger partial charge is 0.326 e. The molecule has 1 aliphatic heterocycles. The van der Waals surface area contributed by atoms with Gasteiger partial charge >= 0.3 is 5.97 Å². The lowest BCUT2D eigenvalue weighted by atomic mass is 10.0. The predicted molar refractivity (Wildman–Crippen MR) is 75.2 cm³/mol. The van der Waals surface area contributed by atoms with E-state index in [-0.39, 0.29) is 18.4 Å². The van der Waals surface area contributed by atoms with Gasteiger partial charge in [0.1, 0.15) is 6.04 Å². The molecule has 5 heteroatoms. The van der Waals surface area contributed by atoms with Crippen molar-refractivity contribution in [2.45, 2.75) is 31.3 Å². The minimum absolute atomic E-state index is 0.130. The van der Waals surface area contributed by atoms with Crippen LogP contribution in [0.15, 0.2) is 30.3 Å². The highest BCUT2D eigenvalue weighted by molar-refractivity contribution is 7.80. The van der Waals surface area contributed by atoms with Crippen molar-refractivity contribution in [3.63, 3.8) is 0 Å². The van der Waals surface area contributed by atoms with Crippen molar-refractivity contribution in [3.8, 4) is 0 Å². The second kappa shape index (κ2) is 6.10. The second-order valence-electron chi connectivity index (χ2n) is 4.63. The average Bonchev–Trinajstić information content (AvgIpc) is 2.85. The molecule has 0 aromatic heterocycles. The van der Waals surface area contributed by atoms with Gasteiger partial charge in [0.05, 0.1) is 6.04 Å². The van der Waals surface area contributed by atoms with Crippen LogP contribution in [0.2, 0.25) is 0 Å². The first-order valence-corrected chi connectivity index (χ1v) is 6.98. The van der Waals surface area contributed by atoms with Gasteiger partial charge in [0.15, 0.2) is 0 Å². The second-order valence-corrected chi connectivity index (χ2v) is 5.08. The highest BCUT2D eigenvalue weighted by Crippen LogP contribution is 2.36. The monoisotopic (exact) mass is 279 g/mol. The Labute approximate surface area is 117 Å². The summed E-state index contributed by atoms with van der Waals surface area (Å²) in [6.07, 6.45) is 1.47. The summed E-state index contributed by atoms with van der Waals surface area (Å²) >= 11 is 4.06. The summed E-state index contributed by atoms with van der Waals surface area (Å²) in [5, 5.41) is 9.25. The van der Waals surface area contributed by atoms with Crippen LogP contribution in [0, 0.1) is 0 Å². The van der Waals surface area contributed by atoms with Crippen molar-refractivity contribution >= 4 is 24.5 Å². The van der Waals surface area contributed by atoms with Gasteiger partial charge in [-0.25, -0.2) is 4.79 Å². The Morgan fingerprint density at radius 3 is 2.53 bits per heavy atom. The number of carbonyl (C=O) groups is 2. The Balaban J connectivity index is 2.28. The maximum Gasteiger partial charge on any atom is 0.326 e. The molecule has 2 unspecified atom stereocenters. The van der Waals surface area contributed by atoms with E-state index >= 15 is 0 Å². The molecule has 1 N–H and O–H groups in total. The molecule has 1 saturated heterocycles. The number of hydrogen-bond donors (Lipinski definition) is 2. The number of rotatable bonds is 4. The van der Waals surface area contributed by atoms with Crippen LogP contribution in [0.3, 0.4) is 0 Å².